The summed E-state index contributed by atoms with van der Waals surface area (Å²) >= 11 is 1.66. The van der Waals surface area contributed by atoms with Crippen LogP contribution >= 0.6 is 11.3 Å². The summed E-state index contributed by atoms with van der Waals surface area (Å²) in [4.78, 5) is 31.4. The Morgan fingerprint density at radius 2 is 2.09 bits per heavy atom. The van der Waals surface area contributed by atoms with Crippen molar-refractivity contribution < 1.29 is 9.53 Å². The van der Waals surface area contributed by atoms with Gasteiger partial charge in [0.25, 0.3) is 5.56 Å². The molecule has 1 N–H and O–H groups in total. The highest BCUT2D eigenvalue weighted by molar-refractivity contribution is 7.09. The van der Waals surface area contributed by atoms with Crippen molar-refractivity contribution in [1.29, 1.82) is 0 Å². The van der Waals surface area contributed by atoms with E-state index in [0.717, 1.165) is 21.3 Å². The highest BCUT2D eigenvalue weighted by Gasteiger charge is 2.27. The van der Waals surface area contributed by atoms with E-state index in [-0.39, 0.29) is 18.1 Å². The van der Waals surface area contributed by atoms with Gasteiger partial charge >= 0.3 is 5.97 Å². The van der Waals surface area contributed by atoms with Crippen LogP contribution in [0.4, 0.5) is 0 Å². The number of nitrogens with one attached hydrogen (secondary N) is 1. The Morgan fingerprint density at radius 3 is 2.82 bits per heavy atom. The minimum Gasteiger partial charge on any atom is -0.465 e. The number of hydrogen-bond donors (Lipinski definition) is 1. The summed E-state index contributed by atoms with van der Waals surface area (Å²) in [6.45, 7) is 7.10. The molecule has 0 bridgehead atoms. The summed E-state index contributed by atoms with van der Waals surface area (Å²) < 4.78 is 6.57. The minimum atomic E-state index is -0.392. The van der Waals surface area contributed by atoms with E-state index in [9.17, 15) is 9.59 Å². The Kier molecular flexibility index (Phi) is 7.49. The quantitative estimate of drug-likeness (QED) is 0.346. The molecule has 0 saturated heterocycles. The van der Waals surface area contributed by atoms with Crippen molar-refractivity contribution in [2.75, 3.05) is 6.61 Å². The Labute approximate surface area is 201 Å². The zero-order valence-electron chi connectivity index (χ0n) is 19.5. The third kappa shape index (κ3) is 5.40. The molecule has 0 fully saturated rings. The van der Waals surface area contributed by atoms with Crippen molar-refractivity contribution in [3.05, 3.63) is 74.0 Å². The second kappa shape index (κ2) is 10.7. The number of hydrogen-bond acceptors (Lipinski definition) is 8. The second-order valence-corrected chi connectivity index (χ2v) is 9.15. The Hall–Kier alpha value is -3.37. The monoisotopic (exact) mass is 480 g/mol. The molecule has 0 saturated carbocycles. The minimum absolute atomic E-state index is 0.0602. The average molecular weight is 481 g/mol. The summed E-state index contributed by atoms with van der Waals surface area (Å²) in [6.07, 6.45) is 0.694. The van der Waals surface area contributed by atoms with Gasteiger partial charge in [-0.2, -0.15) is 0 Å². The standard InChI is InChI=1S/C24H28N6O3S/c1-4-21(23-26-27-28-30(23)15-22(31)33-5-2)29(14-19-7-6-10-34-19)13-18-12-17-11-16(3)8-9-20(17)25-24(18)32/h6-12,21H,4-5,13-15H2,1-3H3,(H,25,32)/t21-/m0/s1. The molecule has 0 aliphatic carbocycles. The molecule has 9 nitrogen and oxygen atoms in total. The van der Waals surface area contributed by atoms with Gasteiger partial charge in [0.05, 0.1) is 12.6 Å². The second-order valence-electron chi connectivity index (χ2n) is 8.12. The molecule has 4 rings (SSSR count). The van der Waals surface area contributed by atoms with E-state index in [4.69, 9.17) is 4.74 Å². The fourth-order valence-corrected chi connectivity index (χ4v) is 4.81. The molecular weight excluding hydrogens is 452 g/mol. The Bertz CT molecular complexity index is 1310. The summed E-state index contributed by atoms with van der Waals surface area (Å²) in [5, 5.41) is 15.1. The van der Waals surface area contributed by atoms with Gasteiger partial charge in [-0.15, -0.1) is 16.4 Å². The number of benzene rings is 1. The molecule has 0 aliphatic rings. The van der Waals surface area contributed by atoms with E-state index in [2.05, 4.69) is 37.5 Å². The van der Waals surface area contributed by atoms with Crippen LogP contribution in [0, 0.1) is 6.92 Å². The third-order valence-corrected chi connectivity index (χ3v) is 6.52. The summed E-state index contributed by atoms with van der Waals surface area (Å²) in [5.41, 5.74) is 2.49. The number of pyridine rings is 1. The lowest BCUT2D eigenvalue weighted by molar-refractivity contribution is -0.144. The number of aromatic nitrogens is 5. The van der Waals surface area contributed by atoms with Gasteiger partial charge in [-0.25, -0.2) is 4.68 Å². The molecule has 3 heterocycles. The SMILES string of the molecule is CCOC(=O)Cn1nnnc1[C@H](CC)N(Cc1cccs1)Cc1cc2cc(C)ccc2[nH]c1=O. The lowest BCUT2D eigenvalue weighted by atomic mass is 10.1. The predicted octanol–water partition coefficient (Wildman–Crippen LogP) is 3.60. The largest absolute Gasteiger partial charge is 0.465 e. The predicted molar refractivity (Wildman–Crippen MR) is 130 cm³/mol. The molecule has 3 aromatic heterocycles. The first-order valence-corrected chi connectivity index (χ1v) is 12.2. The molecule has 0 amide bonds. The van der Waals surface area contributed by atoms with Gasteiger partial charge in [-0.05, 0) is 65.7 Å². The summed E-state index contributed by atoms with van der Waals surface area (Å²) in [6, 6.07) is 11.8. The third-order valence-electron chi connectivity index (χ3n) is 5.66. The molecule has 1 aromatic carbocycles. The van der Waals surface area contributed by atoms with Gasteiger partial charge in [0.1, 0.15) is 6.54 Å². The zero-order valence-corrected chi connectivity index (χ0v) is 20.3. The van der Waals surface area contributed by atoms with Gasteiger partial charge in [0, 0.05) is 29.0 Å². The van der Waals surface area contributed by atoms with Crippen LogP contribution in [0.5, 0.6) is 0 Å². The molecule has 1 atom stereocenters. The van der Waals surface area contributed by atoms with Gasteiger partial charge in [0.15, 0.2) is 5.82 Å². The fourth-order valence-electron chi connectivity index (χ4n) is 4.08. The molecular formula is C24H28N6O3S. The molecule has 0 unspecified atom stereocenters. The van der Waals surface area contributed by atoms with Crippen LogP contribution < -0.4 is 5.56 Å². The average Bonchev–Trinajstić information content (AvgIpc) is 3.48. The fraction of sp³-hybridized carbons (Fsp3) is 0.375. The number of thiophene rings is 1. The number of rotatable bonds is 10. The number of ether oxygens (including phenoxy) is 1. The maximum atomic E-state index is 13.0. The van der Waals surface area contributed by atoms with Gasteiger partial charge in [-0.1, -0.05) is 24.6 Å². The zero-order chi connectivity index (χ0) is 24.1. The molecule has 34 heavy (non-hydrogen) atoms. The topological polar surface area (TPSA) is 106 Å². The summed E-state index contributed by atoms with van der Waals surface area (Å²) in [7, 11) is 0. The normalized spacial score (nSPS) is 12.4. The maximum Gasteiger partial charge on any atom is 0.327 e. The number of carbonyl (C=O) groups is 1. The number of fused-ring (bicyclic) bond motifs is 1. The van der Waals surface area contributed by atoms with Crippen LogP contribution in [0.2, 0.25) is 0 Å². The van der Waals surface area contributed by atoms with E-state index in [1.807, 2.05) is 43.5 Å². The first-order chi connectivity index (χ1) is 16.5. The highest BCUT2D eigenvalue weighted by atomic mass is 32.1. The van der Waals surface area contributed by atoms with Crippen LogP contribution in [0.3, 0.4) is 0 Å². The van der Waals surface area contributed by atoms with Crippen LogP contribution in [-0.2, 0) is 29.2 Å². The van der Waals surface area contributed by atoms with E-state index in [0.29, 0.717) is 37.5 Å². The number of tetrazole rings is 1. The first-order valence-electron chi connectivity index (χ1n) is 11.3. The lowest BCUT2D eigenvalue weighted by Crippen LogP contribution is -2.32. The van der Waals surface area contributed by atoms with E-state index in [1.165, 1.54) is 4.68 Å². The van der Waals surface area contributed by atoms with Crippen LogP contribution in [-0.4, -0.2) is 42.7 Å². The molecule has 0 aliphatic heterocycles. The van der Waals surface area contributed by atoms with E-state index in [1.54, 1.807) is 18.3 Å². The molecule has 4 aromatic rings. The molecule has 178 valence electrons. The smallest absolute Gasteiger partial charge is 0.327 e. The number of H-pyrrole nitrogens is 1. The van der Waals surface area contributed by atoms with Crippen molar-refractivity contribution in [2.24, 2.45) is 0 Å². The molecule has 10 heteroatoms. The van der Waals surface area contributed by atoms with Crippen LogP contribution in [0.25, 0.3) is 10.9 Å². The highest BCUT2D eigenvalue weighted by Crippen LogP contribution is 2.27. The number of nitrogens with zero attached hydrogens (tertiary/aromatic N) is 5. The number of carbonyl (C=O) groups excluding carboxylic acids is 1. The molecule has 0 spiro atoms. The van der Waals surface area contributed by atoms with Crippen molar-refractivity contribution in [3.63, 3.8) is 0 Å². The Balaban J connectivity index is 1.70. The van der Waals surface area contributed by atoms with E-state index >= 15 is 0 Å². The van der Waals surface area contributed by atoms with E-state index < -0.39 is 5.97 Å². The number of aromatic amines is 1. The van der Waals surface area contributed by atoms with Crippen molar-refractivity contribution in [3.8, 4) is 0 Å². The van der Waals surface area contributed by atoms with Crippen molar-refractivity contribution in [1.82, 2.24) is 30.1 Å². The lowest BCUT2D eigenvalue weighted by Gasteiger charge is -2.29. The van der Waals surface area contributed by atoms with Crippen LogP contribution in [0.1, 0.15) is 48.1 Å². The molecule has 0 radical (unpaired) electrons. The van der Waals surface area contributed by atoms with Gasteiger partial charge in [-0.3, -0.25) is 14.5 Å². The van der Waals surface area contributed by atoms with Crippen molar-refractivity contribution in [2.45, 2.75) is 52.9 Å². The summed E-state index contributed by atoms with van der Waals surface area (Å²) in [5.74, 6) is 0.178. The maximum absolute atomic E-state index is 13.0. The van der Waals surface area contributed by atoms with Gasteiger partial charge < -0.3 is 9.72 Å². The van der Waals surface area contributed by atoms with Crippen LogP contribution in [0.15, 0.2) is 46.6 Å². The number of esters is 1. The Morgan fingerprint density at radius 1 is 1.24 bits per heavy atom. The van der Waals surface area contributed by atoms with Crippen molar-refractivity contribution >= 4 is 28.2 Å². The van der Waals surface area contributed by atoms with Gasteiger partial charge in [0.2, 0.25) is 0 Å². The first kappa shape index (κ1) is 23.8. The number of aryl methyl sites for hydroxylation is 1.